The van der Waals surface area contributed by atoms with Gasteiger partial charge in [0.15, 0.2) is 12.1 Å². The maximum Gasteiger partial charge on any atom is 0.263 e. The van der Waals surface area contributed by atoms with Gasteiger partial charge in [-0.25, -0.2) is 9.29 Å². The predicted octanol–water partition coefficient (Wildman–Crippen LogP) is 3.63. The molecular weight excluding hydrogens is 382 g/mol. The summed E-state index contributed by atoms with van der Waals surface area (Å²) in [5, 5.41) is 10.0. The summed E-state index contributed by atoms with van der Waals surface area (Å²) in [6.07, 6.45) is 0. The van der Waals surface area contributed by atoms with E-state index in [4.69, 9.17) is 23.2 Å². The van der Waals surface area contributed by atoms with E-state index in [1.165, 1.54) is 23.2 Å². The summed E-state index contributed by atoms with van der Waals surface area (Å²) in [5.74, 6) is -1.33. The average molecular weight is 393 g/mol. The molecule has 4 rings (SSSR count). The molecule has 0 radical (unpaired) electrons. The Morgan fingerprint density at radius 1 is 1.04 bits per heavy atom. The molecule has 0 N–H and O–H groups in total. The Hall–Kier alpha value is -2.51. The molecule has 0 spiro atoms. The summed E-state index contributed by atoms with van der Waals surface area (Å²) in [6, 6.07) is 8.60. The molecule has 2 aliphatic heterocycles. The summed E-state index contributed by atoms with van der Waals surface area (Å²) in [6.45, 7) is 0.136. The Bertz CT molecular complexity index is 935. The van der Waals surface area contributed by atoms with Crippen LogP contribution in [0.15, 0.2) is 52.8 Å². The zero-order valence-electron chi connectivity index (χ0n) is 13.1. The van der Waals surface area contributed by atoms with Crippen molar-refractivity contribution in [2.24, 2.45) is 10.3 Å². The van der Waals surface area contributed by atoms with E-state index >= 15 is 0 Å². The highest BCUT2D eigenvalue weighted by molar-refractivity contribution is 6.31. The van der Waals surface area contributed by atoms with Gasteiger partial charge >= 0.3 is 0 Å². The normalized spacial score (nSPS) is 21.7. The minimum Gasteiger partial charge on any atom is -0.271 e. The number of carbonyl (C=O) groups is 2. The first-order valence-electron chi connectivity index (χ1n) is 7.70. The molecule has 0 saturated carbocycles. The maximum absolute atomic E-state index is 13.2. The average Bonchev–Trinajstić information content (AvgIpc) is 3.12. The smallest absolute Gasteiger partial charge is 0.263 e. The number of amides is 2. The lowest BCUT2D eigenvalue weighted by molar-refractivity contribution is -0.123. The number of rotatable bonds is 3. The highest BCUT2D eigenvalue weighted by Gasteiger charge is 2.54. The van der Waals surface area contributed by atoms with Crippen LogP contribution < -0.4 is 4.90 Å². The molecule has 6 nitrogen and oxygen atoms in total. The molecule has 2 amide bonds. The molecule has 2 aliphatic rings. The highest BCUT2D eigenvalue weighted by atomic mass is 35.5. The van der Waals surface area contributed by atoms with Gasteiger partial charge in [-0.3, -0.25) is 14.6 Å². The molecule has 2 heterocycles. The monoisotopic (exact) mass is 392 g/mol. The first-order valence-corrected chi connectivity index (χ1v) is 8.46. The Labute approximate surface area is 157 Å². The number of anilines is 1. The topological polar surface area (TPSA) is 65.3 Å². The Morgan fingerprint density at radius 2 is 1.77 bits per heavy atom. The number of hydrogen-bond donors (Lipinski definition) is 0. The SMILES string of the molecule is O=C1C2N=NN(Cc3ccc(F)cc3Cl)C2C(=O)N1c1ccc(Cl)cc1. The second kappa shape index (κ2) is 6.34. The largest absolute Gasteiger partial charge is 0.271 e. The fourth-order valence-electron chi connectivity index (χ4n) is 3.02. The Kier molecular flexibility index (Phi) is 4.13. The van der Waals surface area contributed by atoms with E-state index in [9.17, 15) is 14.0 Å². The van der Waals surface area contributed by atoms with E-state index in [-0.39, 0.29) is 11.6 Å². The Balaban J connectivity index is 1.61. The Morgan fingerprint density at radius 3 is 2.46 bits per heavy atom. The molecule has 1 fully saturated rings. The number of benzene rings is 2. The molecule has 1 saturated heterocycles. The summed E-state index contributed by atoms with van der Waals surface area (Å²) < 4.78 is 13.2. The molecule has 26 heavy (non-hydrogen) atoms. The minimum atomic E-state index is -0.905. The van der Waals surface area contributed by atoms with Gasteiger partial charge in [-0.05, 0) is 42.0 Å². The maximum atomic E-state index is 13.2. The second-order valence-corrected chi connectivity index (χ2v) is 6.76. The fraction of sp³-hybridized carbons (Fsp3) is 0.176. The van der Waals surface area contributed by atoms with Crippen LogP contribution in [0.25, 0.3) is 0 Å². The van der Waals surface area contributed by atoms with Gasteiger partial charge in [0.05, 0.1) is 12.2 Å². The van der Waals surface area contributed by atoms with Gasteiger partial charge in [0.2, 0.25) is 0 Å². The molecular formula is C17H11Cl2FN4O2. The second-order valence-electron chi connectivity index (χ2n) is 5.92. The van der Waals surface area contributed by atoms with Crippen molar-refractivity contribution in [3.05, 3.63) is 63.9 Å². The fourth-order valence-corrected chi connectivity index (χ4v) is 3.38. The lowest BCUT2D eigenvalue weighted by Gasteiger charge is -2.21. The van der Waals surface area contributed by atoms with Gasteiger partial charge < -0.3 is 0 Å². The van der Waals surface area contributed by atoms with Crippen LogP contribution in [0.1, 0.15) is 5.56 Å². The van der Waals surface area contributed by atoms with Gasteiger partial charge in [0.25, 0.3) is 11.8 Å². The van der Waals surface area contributed by atoms with Crippen molar-refractivity contribution in [3.63, 3.8) is 0 Å². The van der Waals surface area contributed by atoms with Crippen LogP contribution in [0.2, 0.25) is 10.0 Å². The summed E-state index contributed by atoms with van der Waals surface area (Å²) in [5.41, 5.74) is 1.01. The van der Waals surface area contributed by atoms with Crippen LogP contribution >= 0.6 is 23.2 Å². The number of fused-ring (bicyclic) bond motifs is 1. The van der Waals surface area contributed by atoms with Gasteiger partial charge in [0.1, 0.15) is 5.82 Å². The third kappa shape index (κ3) is 2.73. The van der Waals surface area contributed by atoms with E-state index in [0.29, 0.717) is 16.3 Å². The molecule has 0 bridgehead atoms. The summed E-state index contributed by atoms with van der Waals surface area (Å²) in [7, 11) is 0. The van der Waals surface area contributed by atoms with Crippen molar-refractivity contribution in [1.82, 2.24) is 5.01 Å². The van der Waals surface area contributed by atoms with Crippen LogP contribution in [0.3, 0.4) is 0 Å². The lowest BCUT2D eigenvalue weighted by Crippen LogP contribution is -2.39. The zero-order valence-corrected chi connectivity index (χ0v) is 14.7. The van der Waals surface area contributed by atoms with Crippen LogP contribution in [-0.4, -0.2) is 28.9 Å². The molecule has 9 heteroatoms. The van der Waals surface area contributed by atoms with E-state index < -0.39 is 29.7 Å². The van der Waals surface area contributed by atoms with E-state index in [2.05, 4.69) is 10.3 Å². The van der Waals surface area contributed by atoms with E-state index in [0.717, 1.165) is 4.90 Å². The van der Waals surface area contributed by atoms with Crippen LogP contribution in [-0.2, 0) is 16.1 Å². The molecule has 2 unspecified atom stereocenters. The molecule has 0 aromatic heterocycles. The third-order valence-corrected chi connectivity index (χ3v) is 4.89. The van der Waals surface area contributed by atoms with Gasteiger partial charge in [-0.1, -0.05) is 34.5 Å². The number of hydrogen-bond acceptors (Lipinski definition) is 5. The minimum absolute atomic E-state index is 0.136. The zero-order chi connectivity index (χ0) is 18.4. The van der Waals surface area contributed by atoms with Crippen LogP contribution in [0.5, 0.6) is 0 Å². The highest BCUT2D eigenvalue weighted by Crippen LogP contribution is 2.33. The van der Waals surface area contributed by atoms with Crippen molar-refractivity contribution in [2.75, 3.05) is 4.90 Å². The van der Waals surface area contributed by atoms with Gasteiger partial charge in [-0.15, -0.1) is 0 Å². The van der Waals surface area contributed by atoms with Crippen molar-refractivity contribution < 1.29 is 14.0 Å². The quantitative estimate of drug-likeness (QED) is 0.749. The van der Waals surface area contributed by atoms with Crippen molar-refractivity contribution in [2.45, 2.75) is 18.6 Å². The molecule has 0 aliphatic carbocycles. The predicted molar refractivity (Wildman–Crippen MR) is 93.3 cm³/mol. The lowest BCUT2D eigenvalue weighted by atomic mass is 10.1. The first kappa shape index (κ1) is 16.9. The molecule has 132 valence electrons. The summed E-state index contributed by atoms with van der Waals surface area (Å²) in [4.78, 5) is 26.5. The van der Waals surface area contributed by atoms with E-state index in [1.807, 2.05) is 0 Å². The van der Waals surface area contributed by atoms with Gasteiger partial charge in [-0.2, -0.15) is 5.11 Å². The van der Waals surface area contributed by atoms with Crippen molar-refractivity contribution in [3.8, 4) is 0 Å². The number of nitrogens with zero attached hydrogens (tertiary/aromatic N) is 4. The summed E-state index contributed by atoms with van der Waals surface area (Å²) >= 11 is 11.9. The van der Waals surface area contributed by atoms with Crippen LogP contribution in [0, 0.1) is 5.82 Å². The number of halogens is 3. The molecule has 2 atom stereocenters. The third-order valence-electron chi connectivity index (χ3n) is 4.29. The van der Waals surface area contributed by atoms with Crippen molar-refractivity contribution >= 4 is 40.7 Å². The van der Waals surface area contributed by atoms with Crippen molar-refractivity contribution in [1.29, 1.82) is 0 Å². The molecule has 2 aromatic rings. The van der Waals surface area contributed by atoms with Gasteiger partial charge in [0, 0.05) is 10.0 Å². The van der Waals surface area contributed by atoms with E-state index in [1.54, 1.807) is 24.3 Å². The number of imide groups is 1. The van der Waals surface area contributed by atoms with Crippen LogP contribution in [0.4, 0.5) is 10.1 Å². The first-order chi connectivity index (χ1) is 12.5. The number of carbonyl (C=O) groups excluding carboxylic acids is 2. The molecule has 2 aromatic carbocycles. The standard InChI is InChI=1S/C17H11Cl2FN4O2/c18-10-2-5-12(6-3-10)24-16(25)14-15(17(24)26)23(22-21-14)8-9-1-4-11(20)7-13(9)19/h1-7,14-15H,8H2.